The van der Waals surface area contributed by atoms with Crippen molar-refractivity contribution in [2.75, 3.05) is 5.32 Å². The number of carbonyl (C=O) groups is 2. The largest absolute Gasteiger partial charge is 0.486 e. The third kappa shape index (κ3) is 5.34. The maximum absolute atomic E-state index is 12.2. The molecule has 3 rings (SSSR count). The molecule has 0 saturated heterocycles. The van der Waals surface area contributed by atoms with E-state index in [-0.39, 0.29) is 30.2 Å². The van der Waals surface area contributed by atoms with Gasteiger partial charge in [-0.15, -0.1) is 0 Å². The van der Waals surface area contributed by atoms with Crippen LogP contribution < -0.4 is 15.4 Å². The molecule has 1 aliphatic carbocycles. The van der Waals surface area contributed by atoms with Gasteiger partial charge in [0.2, 0.25) is 5.91 Å². The summed E-state index contributed by atoms with van der Waals surface area (Å²) < 4.78 is 10.9. The van der Waals surface area contributed by atoms with E-state index >= 15 is 0 Å². The van der Waals surface area contributed by atoms with Crippen LogP contribution in [0.1, 0.15) is 62.7 Å². The molecule has 1 aromatic carbocycles. The van der Waals surface area contributed by atoms with Crippen LogP contribution in [0.4, 0.5) is 5.69 Å². The maximum atomic E-state index is 12.2. The minimum atomic E-state index is -0.455. The number of carbonyl (C=O) groups excluding carboxylic acids is 2. The molecule has 7 heteroatoms. The van der Waals surface area contributed by atoms with Crippen molar-refractivity contribution in [3.8, 4) is 5.75 Å². The van der Waals surface area contributed by atoms with Crippen LogP contribution in [-0.4, -0.2) is 23.0 Å². The number of nitrogens with zero attached hydrogens (tertiary/aromatic N) is 1. The van der Waals surface area contributed by atoms with E-state index < -0.39 is 5.41 Å². The lowest BCUT2D eigenvalue weighted by molar-refractivity contribution is -0.123. The quantitative estimate of drug-likeness (QED) is 0.786. The number of anilines is 1. The third-order valence-electron chi connectivity index (χ3n) is 4.66. The summed E-state index contributed by atoms with van der Waals surface area (Å²) in [4.78, 5) is 24.2. The fourth-order valence-corrected chi connectivity index (χ4v) is 2.93. The zero-order chi connectivity index (χ0) is 20.1. The minimum absolute atomic E-state index is 0.0498. The number of rotatable bonds is 6. The van der Waals surface area contributed by atoms with Gasteiger partial charge in [0.05, 0.1) is 0 Å². The van der Waals surface area contributed by atoms with Crippen LogP contribution in [0.5, 0.6) is 5.75 Å². The first-order chi connectivity index (χ1) is 13.3. The lowest BCUT2D eigenvalue weighted by Crippen LogP contribution is -2.32. The zero-order valence-corrected chi connectivity index (χ0v) is 16.6. The summed E-state index contributed by atoms with van der Waals surface area (Å²) in [5, 5.41) is 9.66. The lowest BCUT2D eigenvalue weighted by Gasteiger charge is -2.17. The Balaban J connectivity index is 1.49. The summed E-state index contributed by atoms with van der Waals surface area (Å²) >= 11 is 0. The highest BCUT2D eigenvalue weighted by Crippen LogP contribution is 2.21. The van der Waals surface area contributed by atoms with E-state index in [1.807, 2.05) is 20.8 Å². The summed E-state index contributed by atoms with van der Waals surface area (Å²) in [6.07, 6.45) is 4.35. The summed E-state index contributed by atoms with van der Waals surface area (Å²) in [5.74, 6) is 0.843. The second-order valence-corrected chi connectivity index (χ2v) is 8.15. The van der Waals surface area contributed by atoms with E-state index in [9.17, 15) is 9.59 Å². The van der Waals surface area contributed by atoms with E-state index in [0.29, 0.717) is 17.2 Å². The van der Waals surface area contributed by atoms with Gasteiger partial charge in [0.15, 0.2) is 11.5 Å². The van der Waals surface area contributed by atoms with E-state index in [0.717, 1.165) is 25.7 Å². The fraction of sp³-hybridized carbons (Fsp3) is 0.476. The van der Waals surface area contributed by atoms with Crippen molar-refractivity contribution in [2.45, 2.75) is 59.1 Å². The molecule has 0 radical (unpaired) electrons. The maximum Gasteiger partial charge on any atom is 0.273 e. The van der Waals surface area contributed by atoms with Gasteiger partial charge in [0.25, 0.3) is 5.91 Å². The summed E-state index contributed by atoms with van der Waals surface area (Å²) in [6.45, 7) is 5.75. The molecule has 1 aliphatic rings. The molecule has 0 spiro atoms. The third-order valence-corrected chi connectivity index (χ3v) is 4.66. The second kappa shape index (κ2) is 8.46. The van der Waals surface area contributed by atoms with Crippen LogP contribution in [-0.2, 0) is 11.4 Å². The first-order valence-corrected chi connectivity index (χ1v) is 9.62. The van der Waals surface area contributed by atoms with Crippen LogP contribution in [0.15, 0.2) is 34.9 Å². The van der Waals surface area contributed by atoms with Crippen molar-refractivity contribution < 1.29 is 18.8 Å². The molecule has 0 atom stereocenters. The summed E-state index contributed by atoms with van der Waals surface area (Å²) in [6, 6.07) is 8.92. The summed E-state index contributed by atoms with van der Waals surface area (Å²) in [7, 11) is 0. The second-order valence-electron chi connectivity index (χ2n) is 8.15. The van der Waals surface area contributed by atoms with Crippen molar-refractivity contribution >= 4 is 17.5 Å². The molecule has 0 unspecified atom stereocenters. The van der Waals surface area contributed by atoms with Gasteiger partial charge in [-0.3, -0.25) is 9.59 Å². The molecule has 150 valence electrons. The Morgan fingerprint density at radius 3 is 2.50 bits per heavy atom. The van der Waals surface area contributed by atoms with Crippen molar-refractivity contribution in [3.63, 3.8) is 0 Å². The van der Waals surface area contributed by atoms with E-state index in [1.165, 1.54) is 0 Å². The molecule has 1 fully saturated rings. The smallest absolute Gasteiger partial charge is 0.273 e. The van der Waals surface area contributed by atoms with Gasteiger partial charge >= 0.3 is 0 Å². The normalized spacial score (nSPS) is 14.7. The number of amides is 2. The Kier molecular flexibility index (Phi) is 6.02. The number of nitrogens with one attached hydrogen (secondary N) is 2. The zero-order valence-electron chi connectivity index (χ0n) is 16.6. The van der Waals surface area contributed by atoms with Gasteiger partial charge in [-0.25, -0.2) is 0 Å². The van der Waals surface area contributed by atoms with Gasteiger partial charge in [-0.2, -0.15) is 0 Å². The van der Waals surface area contributed by atoms with Crippen molar-refractivity contribution in [3.05, 3.63) is 41.8 Å². The molecule has 1 aromatic heterocycles. The highest BCUT2D eigenvalue weighted by Gasteiger charge is 2.21. The van der Waals surface area contributed by atoms with Crippen molar-refractivity contribution in [1.82, 2.24) is 10.5 Å². The van der Waals surface area contributed by atoms with Crippen LogP contribution >= 0.6 is 0 Å². The minimum Gasteiger partial charge on any atom is -0.486 e. The van der Waals surface area contributed by atoms with Crippen molar-refractivity contribution in [2.24, 2.45) is 5.41 Å². The molecule has 1 saturated carbocycles. The van der Waals surface area contributed by atoms with Gasteiger partial charge in [0.1, 0.15) is 12.4 Å². The molecule has 7 nitrogen and oxygen atoms in total. The first-order valence-electron chi connectivity index (χ1n) is 9.62. The number of benzene rings is 1. The standard InChI is InChI=1S/C21H27N3O4/c1-21(2,3)20(26)23-15-8-10-16(11-9-15)27-13-17-12-18(24-28-17)19(25)22-14-6-4-5-7-14/h8-12,14H,4-7,13H2,1-3H3,(H,22,25)(H,23,26). The molecule has 28 heavy (non-hydrogen) atoms. The molecule has 2 aromatic rings. The van der Waals surface area contributed by atoms with Crippen LogP contribution in [0.25, 0.3) is 0 Å². The van der Waals surface area contributed by atoms with E-state index in [2.05, 4.69) is 15.8 Å². The van der Waals surface area contributed by atoms with Crippen LogP contribution in [0, 0.1) is 5.41 Å². The molecular weight excluding hydrogens is 358 g/mol. The van der Waals surface area contributed by atoms with Crippen LogP contribution in [0.2, 0.25) is 0 Å². The number of aromatic nitrogens is 1. The first kappa shape index (κ1) is 19.9. The molecule has 0 aliphatic heterocycles. The molecule has 0 bridgehead atoms. The van der Waals surface area contributed by atoms with E-state index in [1.54, 1.807) is 30.3 Å². The molecular formula is C21H27N3O4. The molecule has 1 heterocycles. The Labute approximate surface area is 164 Å². The van der Waals surface area contributed by atoms with Crippen molar-refractivity contribution in [1.29, 1.82) is 0 Å². The molecule has 2 N–H and O–H groups in total. The SMILES string of the molecule is CC(C)(C)C(=O)Nc1ccc(OCc2cc(C(=O)NC3CCCC3)no2)cc1. The fourth-order valence-electron chi connectivity index (χ4n) is 2.93. The average molecular weight is 385 g/mol. The topological polar surface area (TPSA) is 93.5 Å². The van der Waals surface area contributed by atoms with Crippen LogP contribution in [0.3, 0.4) is 0 Å². The Hall–Kier alpha value is -2.83. The van der Waals surface area contributed by atoms with Gasteiger partial charge in [-0.05, 0) is 37.1 Å². The van der Waals surface area contributed by atoms with Gasteiger partial charge in [-0.1, -0.05) is 38.8 Å². The average Bonchev–Trinajstić information content (AvgIpc) is 3.32. The Morgan fingerprint density at radius 1 is 1.18 bits per heavy atom. The summed E-state index contributed by atoms with van der Waals surface area (Å²) in [5.41, 5.74) is 0.520. The Morgan fingerprint density at radius 2 is 1.86 bits per heavy atom. The predicted molar refractivity (Wildman–Crippen MR) is 105 cm³/mol. The van der Waals surface area contributed by atoms with E-state index in [4.69, 9.17) is 9.26 Å². The number of hydrogen-bond donors (Lipinski definition) is 2. The number of ether oxygens (including phenoxy) is 1. The van der Waals surface area contributed by atoms with Gasteiger partial charge < -0.3 is 19.9 Å². The van der Waals surface area contributed by atoms with Gasteiger partial charge in [0, 0.05) is 23.2 Å². The highest BCUT2D eigenvalue weighted by atomic mass is 16.5. The number of hydrogen-bond acceptors (Lipinski definition) is 5. The monoisotopic (exact) mass is 385 g/mol. The lowest BCUT2D eigenvalue weighted by atomic mass is 9.95. The molecule has 2 amide bonds. The predicted octanol–water partition coefficient (Wildman–Crippen LogP) is 3.91. The highest BCUT2D eigenvalue weighted by molar-refractivity contribution is 5.94. The Bertz CT molecular complexity index is 815.